The van der Waals surface area contributed by atoms with Crippen LogP contribution in [0.4, 0.5) is 5.88 Å². The number of carbonyl (C=O) groups is 1. The van der Waals surface area contributed by atoms with E-state index < -0.39 is 5.91 Å². The number of nitrogens with one attached hydrogen (secondary N) is 1. The van der Waals surface area contributed by atoms with Crippen LogP contribution in [-0.4, -0.2) is 13.0 Å². The molecular formula is C27H20N2O3. The molecule has 0 aliphatic carbocycles. The highest BCUT2D eigenvalue weighted by Crippen LogP contribution is 2.41. The molecule has 32 heavy (non-hydrogen) atoms. The number of hydrogen-bond acceptors (Lipinski definition) is 4. The summed E-state index contributed by atoms with van der Waals surface area (Å²) >= 11 is 0. The Morgan fingerprint density at radius 2 is 1.56 bits per heavy atom. The van der Waals surface area contributed by atoms with Crippen LogP contribution in [0, 0.1) is 11.3 Å². The quantitative estimate of drug-likeness (QED) is 0.380. The zero-order valence-corrected chi connectivity index (χ0v) is 17.4. The van der Waals surface area contributed by atoms with Crippen molar-refractivity contribution in [2.24, 2.45) is 0 Å². The van der Waals surface area contributed by atoms with Crippen molar-refractivity contribution in [3.63, 3.8) is 0 Å². The van der Waals surface area contributed by atoms with E-state index in [9.17, 15) is 10.1 Å². The molecule has 0 unspecified atom stereocenters. The highest BCUT2D eigenvalue weighted by molar-refractivity contribution is 6.03. The summed E-state index contributed by atoms with van der Waals surface area (Å²) in [6.07, 6.45) is 3.08. The molecule has 4 rings (SSSR count). The van der Waals surface area contributed by atoms with Crippen LogP contribution in [-0.2, 0) is 4.79 Å². The minimum absolute atomic E-state index is 0.120. The third-order valence-corrected chi connectivity index (χ3v) is 4.90. The second-order valence-electron chi connectivity index (χ2n) is 6.95. The third-order valence-electron chi connectivity index (χ3n) is 4.90. The molecule has 0 saturated carbocycles. The highest BCUT2D eigenvalue weighted by atomic mass is 16.5. The fourth-order valence-electron chi connectivity index (χ4n) is 3.34. The Hall–Kier alpha value is -4.56. The molecule has 0 spiro atoms. The van der Waals surface area contributed by atoms with Crippen molar-refractivity contribution >= 4 is 17.9 Å². The molecule has 1 heterocycles. The number of nitrogens with zero attached hydrogens (tertiary/aromatic N) is 1. The fourth-order valence-corrected chi connectivity index (χ4v) is 3.34. The molecule has 0 bridgehead atoms. The van der Waals surface area contributed by atoms with Gasteiger partial charge in [-0.2, -0.15) is 5.26 Å². The van der Waals surface area contributed by atoms with E-state index in [1.807, 2.05) is 84.9 Å². The molecule has 1 amide bonds. The standard InChI is InChI=1S/C27H20N2O3/c1-31-22-15-12-19(13-16-22)14-17-24(30)29-27-23(18-28)25(20-8-4-2-5-9-20)26(32-27)21-10-6-3-7-11-21/h2-17H,1H3,(H,29,30)/b17-14+. The number of amides is 1. The van der Waals surface area contributed by atoms with Gasteiger partial charge in [0, 0.05) is 17.2 Å². The topological polar surface area (TPSA) is 75.3 Å². The second kappa shape index (κ2) is 9.50. The van der Waals surface area contributed by atoms with Gasteiger partial charge in [-0.25, -0.2) is 0 Å². The molecule has 0 atom stereocenters. The number of rotatable bonds is 6. The summed E-state index contributed by atoms with van der Waals surface area (Å²) in [4.78, 5) is 12.6. The van der Waals surface area contributed by atoms with Crippen LogP contribution < -0.4 is 10.1 Å². The Balaban J connectivity index is 1.68. The Bertz CT molecular complexity index is 1280. The first-order valence-electron chi connectivity index (χ1n) is 10.0. The van der Waals surface area contributed by atoms with Crippen molar-refractivity contribution in [3.8, 4) is 34.3 Å². The Kier molecular flexibility index (Phi) is 6.15. The van der Waals surface area contributed by atoms with Crippen molar-refractivity contribution in [2.45, 2.75) is 0 Å². The molecule has 5 heteroatoms. The van der Waals surface area contributed by atoms with Gasteiger partial charge in [0.25, 0.3) is 5.91 Å². The van der Waals surface area contributed by atoms with E-state index in [-0.39, 0.29) is 11.4 Å². The van der Waals surface area contributed by atoms with Gasteiger partial charge >= 0.3 is 0 Å². The molecule has 4 aromatic rings. The average Bonchev–Trinajstić information content (AvgIpc) is 3.22. The lowest BCUT2D eigenvalue weighted by molar-refractivity contribution is -0.111. The van der Waals surface area contributed by atoms with Crippen LogP contribution in [0.5, 0.6) is 5.75 Å². The third kappa shape index (κ3) is 4.45. The van der Waals surface area contributed by atoms with Gasteiger partial charge in [-0.15, -0.1) is 0 Å². The first-order valence-corrected chi connectivity index (χ1v) is 10.0. The van der Waals surface area contributed by atoms with E-state index in [0.717, 1.165) is 22.4 Å². The van der Waals surface area contributed by atoms with E-state index in [1.54, 1.807) is 13.2 Å². The molecule has 0 aliphatic heterocycles. The Labute approximate surface area is 186 Å². The lowest BCUT2D eigenvalue weighted by Crippen LogP contribution is -2.08. The molecule has 1 N–H and O–H groups in total. The maximum Gasteiger partial charge on any atom is 0.250 e. The second-order valence-corrected chi connectivity index (χ2v) is 6.95. The van der Waals surface area contributed by atoms with Crippen molar-refractivity contribution in [3.05, 3.63) is 102 Å². The highest BCUT2D eigenvalue weighted by Gasteiger charge is 2.23. The van der Waals surface area contributed by atoms with E-state index in [4.69, 9.17) is 9.15 Å². The summed E-state index contributed by atoms with van der Waals surface area (Å²) in [7, 11) is 1.60. The number of nitriles is 1. The molecule has 0 saturated heterocycles. The van der Waals surface area contributed by atoms with Crippen molar-refractivity contribution in [1.29, 1.82) is 5.26 Å². The monoisotopic (exact) mass is 420 g/mol. The van der Waals surface area contributed by atoms with Gasteiger partial charge in [0.05, 0.1) is 7.11 Å². The maximum atomic E-state index is 12.6. The van der Waals surface area contributed by atoms with E-state index in [0.29, 0.717) is 11.3 Å². The van der Waals surface area contributed by atoms with Crippen LogP contribution >= 0.6 is 0 Å². The van der Waals surface area contributed by atoms with E-state index in [1.165, 1.54) is 6.08 Å². The molecule has 1 aromatic heterocycles. The molecule has 156 valence electrons. The number of hydrogen-bond donors (Lipinski definition) is 1. The van der Waals surface area contributed by atoms with Gasteiger partial charge < -0.3 is 9.15 Å². The predicted molar refractivity (Wildman–Crippen MR) is 125 cm³/mol. The summed E-state index contributed by atoms with van der Waals surface area (Å²) in [5.41, 5.74) is 3.42. The van der Waals surface area contributed by atoms with Gasteiger partial charge in [0.1, 0.15) is 23.1 Å². The molecule has 3 aromatic carbocycles. The zero-order chi connectivity index (χ0) is 22.3. The first kappa shape index (κ1) is 20.7. The normalized spacial score (nSPS) is 10.6. The van der Waals surface area contributed by atoms with Crippen molar-refractivity contribution in [1.82, 2.24) is 0 Å². The van der Waals surface area contributed by atoms with Gasteiger partial charge in [-0.05, 0) is 29.3 Å². The first-order chi connectivity index (χ1) is 15.7. The Morgan fingerprint density at radius 3 is 2.16 bits per heavy atom. The Morgan fingerprint density at radius 1 is 0.938 bits per heavy atom. The van der Waals surface area contributed by atoms with Gasteiger partial charge in [-0.3, -0.25) is 10.1 Å². The van der Waals surface area contributed by atoms with Crippen LogP contribution in [0.25, 0.3) is 28.5 Å². The molecule has 0 aliphatic rings. The minimum atomic E-state index is -0.398. The predicted octanol–water partition coefficient (Wildman–Crippen LogP) is 6.15. The molecule has 5 nitrogen and oxygen atoms in total. The lowest BCUT2D eigenvalue weighted by Gasteiger charge is -2.03. The zero-order valence-electron chi connectivity index (χ0n) is 17.4. The van der Waals surface area contributed by atoms with E-state index in [2.05, 4.69) is 11.4 Å². The molecule has 0 fully saturated rings. The van der Waals surface area contributed by atoms with Crippen LogP contribution in [0.1, 0.15) is 11.1 Å². The minimum Gasteiger partial charge on any atom is -0.497 e. The number of furan rings is 1. The summed E-state index contributed by atoms with van der Waals surface area (Å²) in [6, 6.07) is 28.6. The SMILES string of the molecule is COc1ccc(/C=C/C(=O)Nc2oc(-c3ccccc3)c(-c3ccccc3)c2C#N)cc1. The van der Waals surface area contributed by atoms with Crippen molar-refractivity contribution < 1.29 is 13.9 Å². The summed E-state index contributed by atoms with van der Waals surface area (Å²) in [6.45, 7) is 0. The maximum absolute atomic E-state index is 12.6. The smallest absolute Gasteiger partial charge is 0.250 e. The average molecular weight is 420 g/mol. The van der Waals surface area contributed by atoms with Crippen LogP contribution in [0.2, 0.25) is 0 Å². The number of ether oxygens (including phenoxy) is 1. The van der Waals surface area contributed by atoms with Gasteiger partial charge in [0.15, 0.2) is 0 Å². The summed E-state index contributed by atoms with van der Waals surface area (Å²) in [5, 5.41) is 12.6. The number of carbonyl (C=O) groups excluding carboxylic acids is 1. The summed E-state index contributed by atoms with van der Waals surface area (Å²) < 4.78 is 11.2. The number of anilines is 1. The number of methoxy groups -OCH3 is 1. The number of benzene rings is 3. The molecular weight excluding hydrogens is 400 g/mol. The molecule has 0 radical (unpaired) electrons. The van der Waals surface area contributed by atoms with E-state index >= 15 is 0 Å². The van der Waals surface area contributed by atoms with Crippen LogP contribution in [0.15, 0.2) is 95.4 Å². The fraction of sp³-hybridized carbons (Fsp3) is 0.0370. The largest absolute Gasteiger partial charge is 0.497 e. The van der Waals surface area contributed by atoms with Crippen LogP contribution in [0.3, 0.4) is 0 Å². The van der Waals surface area contributed by atoms with Crippen molar-refractivity contribution in [2.75, 3.05) is 12.4 Å². The summed E-state index contributed by atoms with van der Waals surface area (Å²) in [5.74, 6) is 0.991. The van der Waals surface area contributed by atoms with Gasteiger partial charge in [-0.1, -0.05) is 72.8 Å². The van der Waals surface area contributed by atoms with Gasteiger partial charge in [0.2, 0.25) is 5.88 Å². The lowest BCUT2D eigenvalue weighted by atomic mass is 9.98.